The fraction of sp³-hybridized carbons (Fsp3) is 0.512. The van der Waals surface area contributed by atoms with E-state index in [0.29, 0.717) is 12.5 Å². The number of nitrogens with one attached hydrogen (secondary N) is 3. The van der Waals surface area contributed by atoms with Gasteiger partial charge in [0.1, 0.15) is 17.7 Å². The van der Waals surface area contributed by atoms with E-state index in [9.17, 15) is 14.4 Å². The Labute approximate surface area is 317 Å². The first kappa shape index (κ1) is 35.9. The summed E-state index contributed by atoms with van der Waals surface area (Å²) >= 11 is 0. The second-order valence-corrected chi connectivity index (χ2v) is 17.1. The molecule has 3 amide bonds. The first-order valence-electron chi connectivity index (χ1n) is 19.5. The Morgan fingerprint density at radius 3 is 2.04 bits per heavy atom. The minimum absolute atomic E-state index is 0.00924. The molecule has 2 spiro atoms. The van der Waals surface area contributed by atoms with Crippen molar-refractivity contribution < 1.29 is 19.1 Å². The molecular weight excluding hydrogens is 679 g/mol. The highest BCUT2D eigenvalue weighted by Gasteiger charge is 2.56. The van der Waals surface area contributed by atoms with E-state index in [1.54, 1.807) is 0 Å². The van der Waals surface area contributed by atoms with Gasteiger partial charge in [-0.2, -0.15) is 0 Å². The number of ether oxygens (including phenoxy) is 1. The SMILES string of the molecule is COC(=O)N[C@H](C(=O)N1CC2(CC2)C[C@H]1c1nc2cc(C#Cc3ccc(-c4c[nH]c([C@@H]5CC6(CC6)CN5C(=O)[C@@H](C)C(C)C)n4)cc3)ccc2[nH]1)C(C)C. The summed E-state index contributed by atoms with van der Waals surface area (Å²) in [5.41, 5.74) is 5.68. The highest BCUT2D eigenvalue weighted by atomic mass is 16.5. The highest BCUT2D eigenvalue weighted by molar-refractivity contribution is 5.87. The minimum Gasteiger partial charge on any atom is -0.453 e. The summed E-state index contributed by atoms with van der Waals surface area (Å²) in [6.45, 7) is 11.6. The molecule has 11 heteroatoms. The average Bonchev–Trinajstić information content (AvgIpc) is 3.78. The normalized spacial score (nSPS) is 21.8. The lowest BCUT2D eigenvalue weighted by Crippen LogP contribution is -2.51. The lowest BCUT2D eigenvalue weighted by molar-refractivity contribution is -0.137. The largest absolute Gasteiger partial charge is 0.453 e. The van der Waals surface area contributed by atoms with Gasteiger partial charge in [0.2, 0.25) is 11.8 Å². The molecule has 4 heterocycles. The number of aromatic nitrogens is 4. The number of fused-ring (bicyclic) bond motifs is 1. The van der Waals surface area contributed by atoms with Crippen LogP contribution in [-0.2, 0) is 14.3 Å². The number of benzene rings is 2. The van der Waals surface area contributed by atoms with Gasteiger partial charge in [-0.15, -0.1) is 0 Å². The number of H-pyrrole nitrogens is 2. The first-order chi connectivity index (χ1) is 25.9. The van der Waals surface area contributed by atoms with Crippen LogP contribution in [0.5, 0.6) is 0 Å². The zero-order chi connectivity index (χ0) is 37.9. The highest BCUT2D eigenvalue weighted by Crippen LogP contribution is 2.59. The van der Waals surface area contributed by atoms with E-state index >= 15 is 0 Å². The number of nitrogens with zero attached hydrogens (tertiary/aromatic N) is 4. The van der Waals surface area contributed by atoms with Crippen molar-refractivity contribution in [3.8, 4) is 23.1 Å². The molecule has 4 aliphatic rings. The molecule has 3 N–H and O–H groups in total. The molecule has 11 nitrogen and oxygen atoms in total. The maximum absolute atomic E-state index is 13.9. The van der Waals surface area contributed by atoms with Crippen molar-refractivity contribution in [1.82, 2.24) is 35.1 Å². The second-order valence-electron chi connectivity index (χ2n) is 17.1. The number of methoxy groups -OCH3 is 1. The van der Waals surface area contributed by atoms with E-state index in [4.69, 9.17) is 14.7 Å². The Bertz CT molecular complexity index is 2150. The van der Waals surface area contributed by atoms with Gasteiger partial charge in [0.25, 0.3) is 0 Å². The topological polar surface area (TPSA) is 136 Å². The third-order valence-electron chi connectivity index (χ3n) is 12.5. The molecule has 282 valence electrons. The standard InChI is InChI=1S/C43H51N7O4/c1-25(2)27(5)39(51)49-23-42(15-16-42)20-34(49)37-44-22-33(47-37)30-12-9-28(10-13-30)7-8-29-11-14-31-32(19-29)46-38(45-31)35-21-43(17-18-43)24-50(35)40(52)36(26(3)4)48-41(53)54-6/h9-14,19,22,25-27,34-36H,15-18,20-21,23-24H2,1-6H3,(H,44,47)(H,45,46)(H,48,53)/t27-,34-,35-,36-/m0/s1. The maximum Gasteiger partial charge on any atom is 0.407 e. The number of hydrogen-bond acceptors (Lipinski definition) is 6. The fourth-order valence-electron chi connectivity index (χ4n) is 8.35. The third-order valence-corrected chi connectivity index (χ3v) is 12.5. The summed E-state index contributed by atoms with van der Waals surface area (Å²) in [5.74, 6) is 8.54. The number of imidazole rings is 2. The lowest BCUT2D eigenvalue weighted by atomic mass is 9.96. The van der Waals surface area contributed by atoms with E-state index in [1.807, 2.05) is 74.3 Å². The summed E-state index contributed by atoms with van der Waals surface area (Å²) in [6.07, 6.45) is 7.73. The van der Waals surface area contributed by atoms with Crippen molar-refractivity contribution >= 4 is 28.9 Å². The van der Waals surface area contributed by atoms with Crippen LogP contribution in [0.2, 0.25) is 0 Å². The monoisotopic (exact) mass is 729 g/mol. The van der Waals surface area contributed by atoms with Gasteiger partial charge >= 0.3 is 6.09 Å². The number of amides is 3. The number of rotatable bonds is 8. The molecule has 2 aliphatic carbocycles. The number of carbonyl (C=O) groups is 3. The quantitative estimate of drug-likeness (QED) is 0.165. The van der Waals surface area contributed by atoms with Crippen molar-refractivity contribution in [3.63, 3.8) is 0 Å². The molecule has 0 unspecified atom stereocenters. The molecule has 4 fully saturated rings. The van der Waals surface area contributed by atoms with Crippen LogP contribution in [0.25, 0.3) is 22.3 Å². The summed E-state index contributed by atoms with van der Waals surface area (Å²) in [4.78, 5) is 60.2. The van der Waals surface area contributed by atoms with Gasteiger partial charge in [0, 0.05) is 41.9 Å². The summed E-state index contributed by atoms with van der Waals surface area (Å²) in [5, 5.41) is 2.75. The van der Waals surface area contributed by atoms with Crippen LogP contribution in [0.1, 0.15) is 108 Å². The van der Waals surface area contributed by atoms with Gasteiger partial charge < -0.3 is 29.8 Å². The van der Waals surface area contributed by atoms with Gasteiger partial charge in [-0.05, 0) is 91.5 Å². The van der Waals surface area contributed by atoms with Crippen molar-refractivity contribution in [2.45, 2.75) is 91.3 Å². The predicted octanol–water partition coefficient (Wildman–Crippen LogP) is 7.13. The van der Waals surface area contributed by atoms with E-state index < -0.39 is 12.1 Å². The zero-order valence-electron chi connectivity index (χ0n) is 32.2. The Kier molecular flexibility index (Phi) is 9.06. The van der Waals surface area contributed by atoms with Crippen LogP contribution in [0.4, 0.5) is 4.79 Å². The summed E-state index contributed by atoms with van der Waals surface area (Å²) in [7, 11) is 1.31. The molecule has 0 radical (unpaired) electrons. The van der Waals surface area contributed by atoms with Crippen LogP contribution in [-0.4, -0.2) is 73.9 Å². The van der Waals surface area contributed by atoms with Crippen molar-refractivity contribution in [1.29, 1.82) is 0 Å². The van der Waals surface area contributed by atoms with E-state index in [0.717, 1.165) is 77.3 Å². The van der Waals surface area contributed by atoms with Crippen molar-refractivity contribution in [2.24, 2.45) is 28.6 Å². The molecule has 2 saturated carbocycles. The lowest BCUT2D eigenvalue weighted by Gasteiger charge is -2.30. The zero-order valence-corrected chi connectivity index (χ0v) is 32.2. The maximum atomic E-state index is 13.9. The summed E-state index contributed by atoms with van der Waals surface area (Å²) in [6, 6.07) is 13.2. The molecule has 2 aromatic carbocycles. The van der Waals surface area contributed by atoms with Crippen LogP contribution in [0.15, 0.2) is 48.7 Å². The van der Waals surface area contributed by atoms with Gasteiger partial charge in [0.15, 0.2) is 0 Å². The van der Waals surface area contributed by atoms with E-state index in [2.05, 4.69) is 45.9 Å². The number of hydrogen-bond donors (Lipinski definition) is 3. The van der Waals surface area contributed by atoms with Gasteiger partial charge in [-0.3, -0.25) is 9.59 Å². The number of likely N-dealkylation sites (tertiary alicyclic amines) is 2. The second kappa shape index (κ2) is 13.6. The van der Waals surface area contributed by atoms with Gasteiger partial charge in [-0.1, -0.05) is 58.6 Å². The van der Waals surface area contributed by atoms with Gasteiger partial charge in [0.05, 0.1) is 35.9 Å². The Morgan fingerprint density at radius 2 is 1.43 bits per heavy atom. The molecule has 2 aromatic heterocycles. The Morgan fingerprint density at radius 1 is 0.815 bits per heavy atom. The summed E-state index contributed by atoms with van der Waals surface area (Å²) < 4.78 is 4.81. The molecule has 4 atom stereocenters. The van der Waals surface area contributed by atoms with Crippen LogP contribution in [0.3, 0.4) is 0 Å². The number of aromatic amines is 2. The average molecular weight is 730 g/mol. The number of carbonyl (C=O) groups excluding carboxylic acids is 3. The molecular formula is C43H51N7O4. The molecule has 54 heavy (non-hydrogen) atoms. The molecule has 8 rings (SSSR count). The van der Waals surface area contributed by atoms with Crippen molar-refractivity contribution in [2.75, 3.05) is 20.2 Å². The Hall–Kier alpha value is -5.11. The van der Waals surface area contributed by atoms with Crippen LogP contribution in [0, 0.1) is 40.4 Å². The minimum atomic E-state index is -0.681. The Balaban J connectivity index is 0.963. The smallest absolute Gasteiger partial charge is 0.407 e. The fourth-order valence-corrected chi connectivity index (χ4v) is 8.35. The molecule has 4 aromatic rings. The van der Waals surface area contributed by atoms with Gasteiger partial charge in [-0.25, -0.2) is 14.8 Å². The van der Waals surface area contributed by atoms with Crippen LogP contribution < -0.4 is 5.32 Å². The third kappa shape index (κ3) is 6.87. The first-order valence-corrected chi connectivity index (χ1v) is 19.5. The predicted molar refractivity (Wildman–Crippen MR) is 206 cm³/mol. The molecule has 0 bridgehead atoms. The molecule has 2 saturated heterocycles. The molecule has 2 aliphatic heterocycles. The number of alkyl carbamates (subject to hydrolysis) is 1. The van der Waals surface area contributed by atoms with E-state index in [-0.39, 0.29) is 46.6 Å². The van der Waals surface area contributed by atoms with Crippen molar-refractivity contribution in [3.05, 3.63) is 71.4 Å². The van der Waals surface area contributed by atoms with Crippen LogP contribution >= 0.6 is 0 Å². The van der Waals surface area contributed by atoms with E-state index in [1.165, 1.54) is 20.0 Å².